The number of ether oxygens (including phenoxy) is 1. The third-order valence-electron chi connectivity index (χ3n) is 4.05. The van der Waals surface area contributed by atoms with Gasteiger partial charge >= 0.3 is 5.97 Å². The van der Waals surface area contributed by atoms with Gasteiger partial charge in [-0.25, -0.2) is 14.7 Å². The van der Waals surface area contributed by atoms with Gasteiger partial charge in [-0.05, 0) is 31.2 Å². The predicted molar refractivity (Wildman–Crippen MR) is 103 cm³/mol. The fraction of sp³-hybridized carbons (Fsp3) is 0.158. The average Bonchev–Trinajstić information content (AvgIpc) is 2.96. The minimum absolute atomic E-state index is 0.410. The molecule has 8 heteroatoms. The molecule has 6 nitrogen and oxygen atoms in total. The largest absolute Gasteiger partial charge is 0.432 e. The van der Waals surface area contributed by atoms with Gasteiger partial charge in [-0.1, -0.05) is 41.4 Å². The fourth-order valence-corrected chi connectivity index (χ4v) is 3.40. The molecule has 0 aliphatic carbocycles. The van der Waals surface area contributed by atoms with E-state index in [4.69, 9.17) is 32.9 Å². The molecule has 0 saturated heterocycles. The van der Waals surface area contributed by atoms with E-state index in [1.54, 1.807) is 29.8 Å². The quantitative estimate of drug-likeness (QED) is 0.601. The molecule has 136 valence electrons. The second kappa shape index (κ2) is 6.79. The lowest BCUT2D eigenvalue weighted by Gasteiger charge is -2.12. The van der Waals surface area contributed by atoms with E-state index in [1.807, 2.05) is 24.3 Å². The number of hydrogen-bond acceptors (Lipinski definition) is 5. The molecule has 2 heterocycles. The van der Waals surface area contributed by atoms with Crippen LogP contribution in [0.3, 0.4) is 0 Å². The van der Waals surface area contributed by atoms with Crippen LogP contribution in [0.25, 0.3) is 5.69 Å². The van der Waals surface area contributed by atoms with Crippen molar-refractivity contribution in [3.8, 4) is 5.69 Å². The normalized spacial score (nSPS) is 15.4. The summed E-state index contributed by atoms with van der Waals surface area (Å²) in [6, 6.07) is 12.7. The number of fused-ring (bicyclic) bond motifs is 3. The Bertz CT molecular complexity index is 1090. The van der Waals surface area contributed by atoms with E-state index >= 15 is 0 Å². The topological polar surface area (TPSA) is 69.4 Å². The number of halogens is 2. The molecule has 1 atom stereocenters. The van der Waals surface area contributed by atoms with E-state index in [0.29, 0.717) is 33.0 Å². The minimum Gasteiger partial charge on any atom is -0.432 e. The van der Waals surface area contributed by atoms with Crippen LogP contribution in [0.15, 0.2) is 47.5 Å². The Morgan fingerprint density at radius 2 is 1.93 bits per heavy atom. The molecule has 1 aromatic heterocycles. The summed E-state index contributed by atoms with van der Waals surface area (Å²) in [6.45, 7) is 3.09. The van der Waals surface area contributed by atoms with Crippen molar-refractivity contribution >= 4 is 34.9 Å². The van der Waals surface area contributed by atoms with Gasteiger partial charge in [0.25, 0.3) is 6.23 Å². The van der Waals surface area contributed by atoms with Crippen LogP contribution in [0.2, 0.25) is 10.0 Å². The Balaban J connectivity index is 2.05. The molecule has 0 saturated carbocycles. The molecule has 2 aromatic carbocycles. The fourth-order valence-electron chi connectivity index (χ4n) is 3.00. The summed E-state index contributed by atoms with van der Waals surface area (Å²) in [6.07, 6.45) is -0.957. The Hall–Kier alpha value is -2.70. The number of benzene rings is 2. The Morgan fingerprint density at radius 3 is 2.67 bits per heavy atom. The second-order valence-corrected chi connectivity index (χ2v) is 6.85. The molecule has 0 fully saturated rings. The second-order valence-electron chi connectivity index (χ2n) is 6.01. The monoisotopic (exact) mass is 400 g/mol. The van der Waals surface area contributed by atoms with Crippen molar-refractivity contribution in [3.05, 3.63) is 75.3 Å². The first-order chi connectivity index (χ1) is 12.9. The van der Waals surface area contributed by atoms with Gasteiger partial charge in [-0.3, -0.25) is 4.79 Å². The summed E-state index contributed by atoms with van der Waals surface area (Å²) >= 11 is 12.7. The third kappa shape index (κ3) is 3.22. The molecule has 0 radical (unpaired) electrons. The van der Waals surface area contributed by atoms with Crippen LogP contribution in [0.4, 0.5) is 0 Å². The van der Waals surface area contributed by atoms with E-state index < -0.39 is 12.2 Å². The summed E-state index contributed by atoms with van der Waals surface area (Å²) in [7, 11) is 0. The highest BCUT2D eigenvalue weighted by atomic mass is 35.5. The zero-order chi connectivity index (χ0) is 19.1. The Labute approximate surface area is 165 Å². The first kappa shape index (κ1) is 17.7. The van der Waals surface area contributed by atoms with Gasteiger partial charge in [0, 0.05) is 28.1 Å². The van der Waals surface area contributed by atoms with Crippen molar-refractivity contribution in [2.24, 2.45) is 4.99 Å². The van der Waals surface area contributed by atoms with Crippen LogP contribution >= 0.6 is 23.2 Å². The van der Waals surface area contributed by atoms with Crippen molar-refractivity contribution < 1.29 is 9.53 Å². The zero-order valence-electron chi connectivity index (χ0n) is 14.5. The molecular weight excluding hydrogens is 387 g/mol. The lowest BCUT2D eigenvalue weighted by molar-refractivity contribution is -0.146. The van der Waals surface area contributed by atoms with E-state index in [-0.39, 0.29) is 0 Å². The lowest BCUT2D eigenvalue weighted by Crippen LogP contribution is -2.12. The summed E-state index contributed by atoms with van der Waals surface area (Å²) in [5.74, 6) is 0.478. The zero-order valence-corrected chi connectivity index (χ0v) is 16.0. The smallest absolute Gasteiger partial charge is 0.304 e. The molecule has 1 aliphatic heterocycles. The van der Waals surface area contributed by atoms with E-state index in [2.05, 4.69) is 10.1 Å². The Morgan fingerprint density at radius 1 is 1.15 bits per heavy atom. The number of aliphatic imine (C=N–C) groups is 1. The van der Waals surface area contributed by atoms with Crippen LogP contribution in [-0.2, 0) is 9.53 Å². The number of nitrogens with zero attached hydrogens (tertiary/aromatic N) is 4. The number of esters is 1. The molecule has 1 aliphatic rings. The van der Waals surface area contributed by atoms with Gasteiger partial charge in [-0.15, -0.1) is 0 Å². The van der Waals surface area contributed by atoms with Gasteiger partial charge in [0.15, 0.2) is 5.82 Å². The van der Waals surface area contributed by atoms with E-state index in [1.165, 1.54) is 6.92 Å². The maximum Gasteiger partial charge on any atom is 0.304 e. The number of carbonyl (C=O) groups is 1. The number of aromatic nitrogens is 3. The molecule has 0 spiro atoms. The van der Waals surface area contributed by atoms with Gasteiger partial charge in [0.2, 0.25) is 0 Å². The highest BCUT2D eigenvalue weighted by molar-refractivity contribution is 6.36. The van der Waals surface area contributed by atoms with Crippen molar-refractivity contribution in [2.45, 2.75) is 20.1 Å². The van der Waals surface area contributed by atoms with Crippen LogP contribution in [-0.4, -0.2) is 26.4 Å². The Kier molecular flexibility index (Phi) is 4.45. The highest BCUT2D eigenvalue weighted by Gasteiger charge is 2.30. The molecular formula is C19H14Cl2N4O2. The standard InChI is InChI=1S/C19H14Cl2N4O2/c1-10-22-18-19(27-11(2)26)23-17(13-5-3-4-6-15(13)21)14-9-12(20)7-8-16(14)25(18)24-10/h3-9,19H,1-2H3. The number of aryl methyl sites for hydroxylation is 1. The van der Waals surface area contributed by atoms with E-state index in [9.17, 15) is 4.79 Å². The molecule has 0 bridgehead atoms. The molecule has 0 N–H and O–H groups in total. The van der Waals surface area contributed by atoms with Crippen LogP contribution < -0.4 is 0 Å². The average molecular weight is 401 g/mol. The summed E-state index contributed by atoms with van der Waals surface area (Å²) in [4.78, 5) is 20.8. The maximum absolute atomic E-state index is 11.7. The van der Waals surface area contributed by atoms with Crippen molar-refractivity contribution in [2.75, 3.05) is 0 Å². The van der Waals surface area contributed by atoms with Gasteiger partial charge < -0.3 is 4.74 Å². The minimum atomic E-state index is -0.957. The molecule has 0 amide bonds. The number of rotatable bonds is 2. The highest BCUT2D eigenvalue weighted by Crippen LogP contribution is 2.33. The predicted octanol–water partition coefficient (Wildman–Crippen LogP) is 4.30. The SMILES string of the molecule is CC(=O)OC1N=C(c2ccccc2Cl)c2cc(Cl)ccc2-n2nc(C)nc21. The van der Waals surface area contributed by atoms with Gasteiger partial charge in [0.05, 0.1) is 11.4 Å². The number of hydrogen-bond donors (Lipinski definition) is 0. The lowest BCUT2D eigenvalue weighted by atomic mass is 10.0. The van der Waals surface area contributed by atoms with Gasteiger partial charge in [0.1, 0.15) is 5.82 Å². The maximum atomic E-state index is 11.7. The number of carbonyl (C=O) groups excluding carboxylic acids is 1. The van der Waals surface area contributed by atoms with E-state index in [0.717, 1.165) is 11.3 Å². The first-order valence-corrected chi connectivity index (χ1v) is 8.93. The van der Waals surface area contributed by atoms with Crippen molar-refractivity contribution in [1.82, 2.24) is 14.8 Å². The molecule has 1 unspecified atom stereocenters. The summed E-state index contributed by atoms with van der Waals surface area (Å²) < 4.78 is 7.07. The van der Waals surface area contributed by atoms with Crippen molar-refractivity contribution in [1.29, 1.82) is 0 Å². The van der Waals surface area contributed by atoms with Crippen LogP contribution in [0.5, 0.6) is 0 Å². The van der Waals surface area contributed by atoms with Crippen molar-refractivity contribution in [3.63, 3.8) is 0 Å². The van der Waals surface area contributed by atoms with Gasteiger partial charge in [-0.2, -0.15) is 5.10 Å². The molecule has 4 rings (SSSR count). The summed E-state index contributed by atoms with van der Waals surface area (Å²) in [5.41, 5.74) is 2.69. The van der Waals surface area contributed by atoms with Crippen LogP contribution in [0.1, 0.15) is 35.9 Å². The van der Waals surface area contributed by atoms with Crippen LogP contribution in [0, 0.1) is 6.92 Å². The first-order valence-electron chi connectivity index (χ1n) is 8.18. The summed E-state index contributed by atoms with van der Waals surface area (Å²) in [5, 5.41) is 5.52. The molecule has 3 aromatic rings. The third-order valence-corrected chi connectivity index (χ3v) is 4.62. The molecule has 27 heavy (non-hydrogen) atoms.